The number of ether oxygens (including phenoxy) is 1. The van der Waals surface area contributed by atoms with Crippen LogP contribution in [0.15, 0.2) is 24.4 Å². The third kappa shape index (κ3) is 2.07. The fourth-order valence-electron chi connectivity index (χ4n) is 2.49. The molecule has 1 saturated carbocycles. The van der Waals surface area contributed by atoms with E-state index < -0.39 is 0 Å². The van der Waals surface area contributed by atoms with Crippen LogP contribution >= 0.6 is 11.6 Å². The predicted octanol–water partition coefficient (Wildman–Crippen LogP) is 2.91. The van der Waals surface area contributed by atoms with Crippen LogP contribution < -0.4 is 10.5 Å². The van der Waals surface area contributed by atoms with Gasteiger partial charge in [-0.2, -0.15) is 5.10 Å². The maximum Gasteiger partial charge on any atom is 0.157 e. The quantitative estimate of drug-likeness (QED) is 0.804. The summed E-state index contributed by atoms with van der Waals surface area (Å²) >= 11 is 5.93. The summed E-state index contributed by atoms with van der Waals surface area (Å²) in [4.78, 5) is 8.70. The zero-order valence-electron chi connectivity index (χ0n) is 12.0. The van der Waals surface area contributed by atoms with E-state index in [1.54, 1.807) is 23.9 Å². The molecule has 1 aliphatic carbocycles. The number of methoxy groups -OCH3 is 1. The number of fused-ring (bicyclic) bond motifs is 1. The van der Waals surface area contributed by atoms with Crippen LogP contribution in [0.25, 0.3) is 17.0 Å². The topological polar surface area (TPSA) is 78.3 Å². The number of rotatable bonds is 3. The molecule has 3 aromatic rings. The van der Waals surface area contributed by atoms with Crippen molar-refractivity contribution in [2.45, 2.75) is 18.8 Å². The molecule has 22 heavy (non-hydrogen) atoms. The van der Waals surface area contributed by atoms with Crippen molar-refractivity contribution in [3.05, 3.63) is 35.1 Å². The summed E-state index contributed by atoms with van der Waals surface area (Å²) in [7, 11) is 1.66. The second-order valence-corrected chi connectivity index (χ2v) is 5.76. The van der Waals surface area contributed by atoms with Gasteiger partial charge in [-0.15, -0.1) is 0 Å². The zero-order valence-corrected chi connectivity index (χ0v) is 12.7. The minimum atomic E-state index is 0.296. The fraction of sp³-hybridized carbons (Fsp3) is 0.267. The number of pyridine rings is 1. The Kier molecular flexibility index (Phi) is 2.94. The highest BCUT2D eigenvalue weighted by atomic mass is 35.5. The second kappa shape index (κ2) is 4.84. The molecule has 6 nitrogen and oxygen atoms in total. The van der Waals surface area contributed by atoms with E-state index in [1.807, 2.05) is 12.1 Å². The van der Waals surface area contributed by atoms with E-state index in [0.29, 0.717) is 28.1 Å². The van der Waals surface area contributed by atoms with Crippen LogP contribution in [0.1, 0.15) is 24.5 Å². The number of hydrogen-bond acceptors (Lipinski definition) is 5. The number of nitrogens with zero attached hydrogens (tertiary/aromatic N) is 4. The van der Waals surface area contributed by atoms with Crippen LogP contribution in [0.4, 0.5) is 5.82 Å². The highest BCUT2D eigenvalue weighted by Gasteiger charge is 2.29. The first-order valence-corrected chi connectivity index (χ1v) is 7.40. The van der Waals surface area contributed by atoms with Crippen molar-refractivity contribution in [3.63, 3.8) is 0 Å². The van der Waals surface area contributed by atoms with Gasteiger partial charge in [-0.25, -0.2) is 14.5 Å². The lowest BCUT2D eigenvalue weighted by molar-refractivity contribution is 0.405. The molecule has 3 aromatic heterocycles. The third-order valence-corrected chi connectivity index (χ3v) is 4.12. The van der Waals surface area contributed by atoms with E-state index in [4.69, 9.17) is 27.2 Å². The molecule has 0 atom stereocenters. The number of halogens is 1. The number of nitrogen functional groups attached to an aromatic ring is 1. The summed E-state index contributed by atoms with van der Waals surface area (Å²) in [6.45, 7) is 0. The molecule has 1 fully saturated rings. The lowest BCUT2D eigenvalue weighted by atomic mass is 10.2. The van der Waals surface area contributed by atoms with E-state index in [0.717, 1.165) is 30.0 Å². The number of hydrogen-bond donors (Lipinski definition) is 1. The molecule has 0 bridgehead atoms. The molecule has 0 aliphatic heterocycles. The molecule has 0 spiro atoms. The van der Waals surface area contributed by atoms with E-state index >= 15 is 0 Å². The van der Waals surface area contributed by atoms with Gasteiger partial charge in [0.1, 0.15) is 23.0 Å². The highest BCUT2D eigenvalue weighted by Crippen LogP contribution is 2.43. The summed E-state index contributed by atoms with van der Waals surface area (Å²) in [5.74, 6) is 1.55. The maximum absolute atomic E-state index is 5.93. The van der Waals surface area contributed by atoms with Crippen molar-refractivity contribution < 1.29 is 4.74 Å². The van der Waals surface area contributed by atoms with Crippen LogP contribution in [0.3, 0.4) is 0 Å². The van der Waals surface area contributed by atoms with Gasteiger partial charge in [-0.1, -0.05) is 11.6 Å². The molecule has 4 rings (SSSR count). The Bertz CT molecular complexity index is 872. The smallest absolute Gasteiger partial charge is 0.157 e. The average Bonchev–Trinajstić information content (AvgIpc) is 3.29. The van der Waals surface area contributed by atoms with Gasteiger partial charge in [0.2, 0.25) is 0 Å². The SMILES string of the molecule is COc1cc2ncc(-c3ccc(Cl)c(N)n3)n2nc1C1CC1. The van der Waals surface area contributed by atoms with Crippen molar-refractivity contribution in [2.75, 3.05) is 12.8 Å². The number of aromatic nitrogens is 4. The van der Waals surface area contributed by atoms with E-state index in [2.05, 4.69) is 9.97 Å². The molecule has 0 amide bonds. The van der Waals surface area contributed by atoms with Crippen molar-refractivity contribution in [2.24, 2.45) is 0 Å². The van der Waals surface area contributed by atoms with Crippen LogP contribution in [0.5, 0.6) is 5.75 Å². The van der Waals surface area contributed by atoms with Gasteiger partial charge < -0.3 is 10.5 Å². The molecule has 0 saturated heterocycles. The van der Waals surface area contributed by atoms with Crippen molar-refractivity contribution >= 4 is 23.1 Å². The molecule has 3 heterocycles. The summed E-state index contributed by atoms with van der Waals surface area (Å²) in [5, 5.41) is 5.15. The van der Waals surface area contributed by atoms with Crippen molar-refractivity contribution in [1.82, 2.24) is 19.6 Å². The van der Waals surface area contributed by atoms with Crippen LogP contribution in [-0.2, 0) is 0 Å². The summed E-state index contributed by atoms with van der Waals surface area (Å²) in [6.07, 6.45) is 4.02. The third-order valence-electron chi connectivity index (χ3n) is 3.80. The molecule has 7 heteroatoms. The van der Waals surface area contributed by atoms with Gasteiger partial charge in [0.25, 0.3) is 0 Å². The Morgan fingerprint density at radius 3 is 2.86 bits per heavy atom. The molecule has 2 N–H and O–H groups in total. The van der Waals surface area contributed by atoms with Crippen LogP contribution in [0.2, 0.25) is 5.02 Å². The molecule has 1 aliphatic rings. The van der Waals surface area contributed by atoms with Crippen molar-refractivity contribution in [3.8, 4) is 17.1 Å². The Balaban J connectivity index is 1.91. The number of anilines is 1. The number of imidazole rings is 1. The van der Waals surface area contributed by atoms with Gasteiger partial charge in [0.15, 0.2) is 5.65 Å². The largest absolute Gasteiger partial charge is 0.495 e. The molecule has 0 unspecified atom stereocenters. The van der Waals surface area contributed by atoms with Gasteiger partial charge in [-0.3, -0.25) is 0 Å². The molecule has 0 radical (unpaired) electrons. The molecular formula is C15H14ClN5O. The fourth-order valence-corrected chi connectivity index (χ4v) is 2.60. The Morgan fingerprint density at radius 2 is 2.18 bits per heavy atom. The van der Waals surface area contributed by atoms with E-state index in [-0.39, 0.29) is 0 Å². The normalized spacial score (nSPS) is 14.5. The zero-order chi connectivity index (χ0) is 15.3. The first-order valence-electron chi connectivity index (χ1n) is 7.02. The molecular weight excluding hydrogens is 302 g/mol. The van der Waals surface area contributed by atoms with E-state index in [9.17, 15) is 0 Å². The average molecular weight is 316 g/mol. The van der Waals surface area contributed by atoms with Gasteiger partial charge >= 0.3 is 0 Å². The van der Waals surface area contributed by atoms with Gasteiger partial charge in [-0.05, 0) is 25.0 Å². The minimum absolute atomic E-state index is 0.296. The molecule has 112 valence electrons. The lowest BCUT2D eigenvalue weighted by Gasteiger charge is -2.08. The summed E-state index contributed by atoms with van der Waals surface area (Å²) < 4.78 is 7.22. The van der Waals surface area contributed by atoms with Gasteiger partial charge in [0.05, 0.1) is 24.0 Å². The Labute approximate surface area is 131 Å². The minimum Gasteiger partial charge on any atom is -0.495 e. The standard InChI is InChI=1S/C15H14ClN5O/c1-22-12-6-13-18-7-11(10-5-4-9(16)15(17)19-10)21(13)20-14(12)8-2-3-8/h4-8H,2-3H2,1H3,(H2,17,19). The van der Waals surface area contributed by atoms with E-state index in [1.165, 1.54) is 0 Å². The Morgan fingerprint density at radius 1 is 1.36 bits per heavy atom. The van der Waals surface area contributed by atoms with Crippen LogP contribution in [0, 0.1) is 0 Å². The highest BCUT2D eigenvalue weighted by molar-refractivity contribution is 6.32. The summed E-state index contributed by atoms with van der Waals surface area (Å²) in [6, 6.07) is 5.44. The van der Waals surface area contributed by atoms with Gasteiger partial charge in [0, 0.05) is 12.0 Å². The first kappa shape index (κ1) is 13.3. The lowest BCUT2D eigenvalue weighted by Crippen LogP contribution is -2.03. The first-order chi connectivity index (χ1) is 10.7. The number of nitrogens with two attached hydrogens (primary N) is 1. The predicted molar refractivity (Wildman–Crippen MR) is 84.2 cm³/mol. The van der Waals surface area contributed by atoms with Crippen molar-refractivity contribution in [1.29, 1.82) is 0 Å². The Hall–Kier alpha value is -2.34. The van der Waals surface area contributed by atoms with Crippen LogP contribution in [-0.4, -0.2) is 26.7 Å². The monoisotopic (exact) mass is 315 g/mol. The molecule has 0 aromatic carbocycles. The maximum atomic E-state index is 5.93. The summed E-state index contributed by atoms with van der Waals surface area (Å²) in [5.41, 5.74) is 8.94. The second-order valence-electron chi connectivity index (χ2n) is 5.35.